The van der Waals surface area contributed by atoms with Gasteiger partial charge in [-0.05, 0) is 19.1 Å². The molecule has 0 saturated carbocycles. The third kappa shape index (κ3) is 3.21. The number of fused-ring (bicyclic) bond motifs is 1. The number of benzene rings is 1. The summed E-state index contributed by atoms with van der Waals surface area (Å²) in [5.41, 5.74) is 1.83. The van der Waals surface area contributed by atoms with Crippen molar-refractivity contribution in [2.45, 2.75) is 34.6 Å². The minimum atomic E-state index is -2.84. The Bertz CT molecular complexity index is 692. The van der Waals surface area contributed by atoms with Gasteiger partial charge in [-0.3, -0.25) is 9.55 Å². The Balaban J connectivity index is 2.81. The molecular formula is C18H28N3OP. The average molecular weight is 333 g/mol. The summed E-state index contributed by atoms with van der Waals surface area (Å²) in [5, 5.41) is 1.92. The monoisotopic (exact) mass is 333 g/mol. The minimum Gasteiger partial charge on any atom is -0.283 e. The Labute approximate surface area is 140 Å². The highest BCUT2D eigenvalue weighted by Crippen LogP contribution is 2.52. The van der Waals surface area contributed by atoms with Crippen molar-refractivity contribution < 1.29 is 4.57 Å². The van der Waals surface area contributed by atoms with Gasteiger partial charge < -0.3 is 0 Å². The van der Waals surface area contributed by atoms with Gasteiger partial charge in [0, 0.05) is 37.3 Å². The maximum absolute atomic E-state index is 14.3. The number of pyridine rings is 1. The molecular weight excluding hydrogens is 305 g/mol. The number of aryl methyl sites for hydroxylation is 1. The predicted octanol–water partition coefficient (Wildman–Crippen LogP) is 4.05. The van der Waals surface area contributed by atoms with Gasteiger partial charge in [-0.25, -0.2) is 9.34 Å². The van der Waals surface area contributed by atoms with Gasteiger partial charge in [0.05, 0.1) is 10.8 Å². The molecule has 0 fully saturated rings. The van der Waals surface area contributed by atoms with E-state index < -0.39 is 7.44 Å². The average Bonchev–Trinajstić information content (AvgIpc) is 2.56. The van der Waals surface area contributed by atoms with Crippen molar-refractivity contribution in [3.63, 3.8) is 0 Å². The molecule has 0 aliphatic carbocycles. The number of aromatic nitrogens is 1. The van der Waals surface area contributed by atoms with Crippen LogP contribution >= 0.6 is 7.44 Å². The standard InChI is InChI=1S/C18H28N3OP/c1-6-20(7-2)23(22,21(8-3)9-4)18-14-15(5)19-17-13-11-10-12-16(17)18/h10-14H,6-9H2,1-5H3. The molecule has 0 bridgehead atoms. The lowest BCUT2D eigenvalue weighted by Crippen LogP contribution is -2.37. The van der Waals surface area contributed by atoms with Crippen LogP contribution in [0.15, 0.2) is 30.3 Å². The summed E-state index contributed by atoms with van der Waals surface area (Å²) in [7, 11) is -2.84. The molecule has 1 heterocycles. The number of rotatable bonds is 7. The van der Waals surface area contributed by atoms with Gasteiger partial charge in [0.15, 0.2) is 0 Å². The van der Waals surface area contributed by atoms with E-state index in [1.165, 1.54) is 0 Å². The van der Waals surface area contributed by atoms with Crippen LogP contribution in [-0.4, -0.2) is 40.5 Å². The summed E-state index contributed by atoms with van der Waals surface area (Å²) in [6.45, 7) is 13.3. The van der Waals surface area contributed by atoms with Crippen LogP contribution in [0.3, 0.4) is 0 Å². The number of hydrogen-bond acceptors (Lipinski definition) is 2. The fourth-order valence-corrected chi connectivity index (χ4v) is 6.58. The molecule has 0 atom stereocenters. The highest BCUT2D eigenvalue weighted by Gasteiger charge is 2.37. The molecule has 0 aliphatic heterocycles. The topological polar surface area (TPSA) is 36.4 Å². The molecule has 126 valence electrons. The molecule has 5 heteroatoms. The quantitative estimate of drug-likeness (QED) is 0.717. The molecule has 0 N–H and O–H groups in total. The Morgan fingerprint density at radius 2 is 1.48 bits per heavy atom. The summed E-state index contributed by atoms with van der Waals surface area (Å²) in [6, 6.07) is 10.0. The lowest BCUT2D eigenvalue weighted by Gasteiger charge is -2.38. The zero-order valence-electron chi connectivity index (χ0n) is 14.9. The van der Waals surface area contributed by atoms with Crippen LogP contribution in [0, 0.1) is 6.92 Å². The van der Waals surface area contributed by atoms with E-state index in [-0.39, 0.29) is 0 Å². The number of para-hydroxylation sites is 1. The van der Waals surface area contributed by atoms with Crippen LogP contribution in [-0.2, 0) is 4.57 Å². The van der Waals surface area contributed by atoms with Crippen molar-refractivity contribution >= 4 is 23.7 Å². The van der Waals surface area contributed by atoms with Crippen LogP contribution in [0.4, 0.5) is 0 Å². The molecule has 1 aromatic heterocycles. The summed E-state index contributed by atoms with van der Waals surface area (Å²) in [5.74, 6) is 0. The first-order valence-electron chi connectivity index (χ1n) is 8.50. The van der Waals surface area contributed by atoms with Crippen LogP contribution < -0.4 is 5.30 Å². The van der Waals surface area contributed by atoms with Gasteiger partial charge >= 0.3 is 0 Å². The van der Waals surface area contributed by atoms with Gasteiger partial charge in [-0.2, -0.15) is 0 Å². The Morgan fingerprint density at radius 1 is 0.957 bits per heavy atom. The molecule has 0 spiro atoms. The van der Waals surface area contributed by atoms with Gasteiger partial charge in [-0.1, -0.05) is 45.9 Å². The normalized spacial score (nSPS) is 12.5. The molecule has 0 unspecified atom stereocenters. The summed E-state index contributed by atoms with van der Waals surface area (Å²) >= 11 is 0. The first-order chi connectivity index (χ1) is 11.0. The van der Waals surface area contributed by atoms with E-state index >= 15 is 0 Å². The predicted molar refractivity (Wildman–Crippen MR) is 99.6 cm³/mol. The van der Waals surface area contributed by atoms with E-state index in [9.17, 15) is 4.57 Å². The zero-order valence-corrected chi connectivity index (χ0v) is 15.8. The van der Waals surface area contributed by atoms with Crippen LogP contribution in [0.5, 0.6) is 0 Å². The molecule has 1 aromatic carbocycles. The van der Waals surface area contributed by atoms with Crippen molar-refractivity contribution in [2.24, 2.45) is 0 Å². The number of hydrogen-bond donors (Lipinski definition) is 0. The Morgan fingerprint density at radius 3 is 2.00 bits per heavy atom. The first-order valence-corrected chi connectivity index (χ1v) is 10.1. The van der Waals surface area contributed by atoms with Crippen molar-refractivity contribution in [1.29, 1.82) is 0 Å². The smallest absolute Gasteiger partial charge is 0.246 e. The lowest BCUT2D eigenvalue weighted by atomic mass is 10.2. The SMILES string of the molecule is CCN(CC)P(=O)(c1cc(C)nc2ccccc12)N(CC)CC. The van der Waals surface area contributed by atoms with E-state index in [0.29, 0.717) is 0 Å². The van der Waals surface area contributed by atoms with Gasteiger partial charge in [0.2, 0.25) is 7.44 Å². The third-order valence-electron chi connectivity index (χ3n) is 4.36. The van der Waals surface area contributed by atoms with E-state index in [0.717, 1.165) is 48.1 Å². The van der Waals surface area contributed by atoms with E-state index in [2.05, 4.69) is 42.0 Å². The van der Waals surface area contributed by atoms with Gasteiger partial charge in [0.1, 0.15) is 0 Å². The highest BCUT2D eigenvalue weighted by molar-refractivity contribution is 7.67. The minimum absolute atomic E-state index is 0.764. The second-order valence-electron chi connectivity index (χ2n) is 5.62. The summed E-state index contributed by atoms with van der Waals surface area (Å²) < 4.78 is 18.6. The third-order valence-corrected chi connectivity index (χ3v) is 8.03. The van der Waals surface area contributed by atoms with Crippen molar-refractivity contribution in [3.05, 3.63) is 36.0 Å². The molecule has 2 aromatic rings. The highest BCUT2D eigenvalue weighted by atomic mass is 31.2. The largest absolute Gasteiger partial charge is 0.283 e. The molecule has 0 amide bonds. The molecule has 0 aliphatic rings. The van der Waals surface area contributed by atoms with Crippen LogP contribution in [0.2, 0.25) is 0 Å². The second-order valence-corrected chi connectivity index (χ2v) is 8.32. The maximum atomic E-state index is 14.3. The maximum Gasteiger partial charge on any atom is 0.246 e. The summed E-state index contributed by atoms with van der Waals surface area (Å²) in [6.07, 6.45) is 0. The van der Waals surface area contributed by atoms with E-state index in [1.54, 1.807) is 0 Å². The first kappa shape index (κ1) is 18.1. The molecule has 4 nitrogen and oxygen atoms in total. The zero-order chi connectivity index (χ0) is 17.0. The lowest BCUT2D eigenvalue weighted by molar-refractivity contribution is 0.369. The Hall–Kier alpha value is -1.22. The second kappa shape index (κ2) is 7.57. The van der Waals surface area contributed by atoms with Gasteiger partial charge in [0.25, 0.3) is 0 Å². The van der Waals surface area contributed by atoms with Crippen molar-refractivity contribution in [1.82, 2.24) is 14.3 Å². The fraction of sp³-hybridized carbons (Fsp3) is 0.500. The van der Waals surface area contributed by atoms with Crippen molar-refractivity contribution in [3.8, 4) is 0 Å². The Kier molecular flexibility index (Phi) is 5.96. The molecule has 0 saturated heterocycles. The molecule has 2 rings (SSSR count). The fourth-order valence-electron chi connectivity index (χ4n) is 3.22. The van der Waals surface area contributed by atoms with Crippen molar-refractivity contribution in [2.75, 3.05) is 26.2 Å². The van der Waals surface area contributed by atoms with Crippen LogP contribution in [0.1, 0.15) is 33.4 Å². The summed E-state index contributed by atoms with van der Waals surface area (Å²) in [4.78, 5) is 4.61. The van der Waals surface area contributed by atoms with Crippen LogP contribution in [0.25, 0.3) is 10.9 Å². The van der Waals surface area contributed by atoms with E-state index in [1.807, 2.05) is 37.3 Å². The molecule has 23 heavy (non-hydrogen) atoms. The van der Waals surface area contributed by atoms with Gasteiger partial charge in [-0.15, -0.1) is 0 Å². The number of nitrogens with zero attached hydrogens (tertiary/aromatic N) is 3. The van der Waals surface area contributed by atoms with E-state index in [4.69, 9.17) is 0 Å². The molecule has 0 radical (unpaired) electrons.